The summed E-state index contributed by atoms with van der Waals surface area (Å²) in [6, 6.07) is 15.3. The van der Waals surface area contributed by atoms with E-state index in [-0.39, 0.29) is 12.0 Å². The van der Waals surface area contributed by atoms with Crippen LogP contribution < -0.4 is 15.4 Å². The third-order valence-electron chi connectivity index (χ3n) is 3.72. The van der Waals surface area contributed by atoms with E-state index in [2.05, 4.69) is 10.6 Å². The van der Waals surface area contributed by atoms with Gasteiger partial charge in [0.05, 0.1) is 11.7 Å². The van der Waals surface area contributed by atoms with Crippen molar-refractivity contribution in [2.24, 2.45) is 0 Å². The summed E-state index contributed by atoms with van der Waals surface area (Å²) in [5, 5.41) is 6.44. The Morgan fingerprint density at radius 1 is 1.00 bits per heavy atom. The Balaban J connectivity index is 1.90. The lowest BCUT2D eigenvalue weighted by Crippen LogP contribution is -2.52. The minimum Gasteiger partial charge on any atom is -0.491 e. The monoisotopic (exact) mass is 296 g/mol. The number of hydrogen-bond acceptors (Lipinski definition) is 3. The fraction of sp³-hybridized carbons (Fsp3) is 0.278. The molecular weight excluding hydrogens is 276 g/mol. The normalized spacial score (nSPS) is 20.1. The van der Waals surface area contributed by atoms with Gasteiger partial charge in [-0.1, -0.05) is 24.3 Å². The summed E-state index contributed by atoms with van der Waals surface area (Å²) in [5.41, 5.74) is 1.85. The number of para-hydroxylation sites is 1. The average Bonchev–Trinajstić information content (AvgIpc) is 2.47. The summed E-state index contributed by atoms with van der Waals surface area (Å²) < 4.78 is 5.66. The topological polar surface area (TPSA) is 50.4 Å². The number of carbonyl (C=O) groups excluding carboxylic acids is 1. The lowest BCUT2D eigenvalue weighted by molar-refractivity contribution is 0.0906. The summed E-state index contributed by atoms with van der Waals surface area (Å²) in [6.45, 7) is 5.95. The highest BCUT2D eigenvalue weighted by atomic mass is 16.5. The van der Waals surface area contributed by atoms with Crippen LogP contribution in [0, 0.1) is 0 Å². The van der Waals surface area contributed by atoms with Crippen LogP contribution in [0.4, 0.5) is 5.69 Å². The standard InChI is InChI=1S/C18H20N2O2/c1-12(2)22-14-10-8-13(9-11-14)18(3)19-16-7-5-4-6-15(16)17(21)20-18/h4-12,19H,1-3H3,(H,20,21). The SMILES string of the molecule is CC(C)Oc1ccc(C2(C)NC(=O)c3ccccc3N2)cc1. The molecule has 0 saturated heterocycles. The van der Waals surface area contributed by atoms with E-state index >= 15 is 0 Å². The quantitative estimate of drug-likeness (QED) is 0.911. The largest absolute Gasteiger partial charge is 0.491 e. The first-order valence-corrected chi connectivity index (χ1v) is 7.45. The first-order valence-electron chi connectivity index (χ1n) is 7.45. The van der Waals surface area contributed by atoms with Gasteiger partial charge in [0.1, 0.15) is 11.4 Å². The Morgan fingerprint density at radius 3 is 2.36 bits per heavy atom. The number of carbonyl (C=O) groups is 1. The van der Waals surface area contributed by atoms with Gasteiger partial charge in [-0.25, -0.2) is 0 Å². The Kier molecular flexibility index (Phi) is 3.53. The van der Waals surface area contributed by atoms with E-state index in [1.54, 1.807) is 0 Å². The molecule has 1 aliphatic heterocycles. The number of hydrogen-bond donors (Lipinski definition) is 2. The second-order valence-corrected chi connectivity index (χ2v) is 5.94. The zero-order valence-electron chi connectivity index (χ0n) is 13.0. The summed E-state index contributed by atoms with van der Waals surface area (Å²) in [4.78, 5) is 12.3. The molecule has 0 aliphatic carbocycles. The molecule has 3 rings (SSSR count). The molecule has 4 nitrogen and oxygen atoms in total. The molecule has 1 amide bonds. The zero-order valence-corrected chi connectivity index (χ0v) is 13.0. The molecule has 2 N–H and O–H groups in total. The molecular formula is C18H20N2O2. The molecule has 0 aromatic heterocycles. The second kappa shape index (κ2) is 5.37. The molecule has 22 heavy (non-hydrogen) atoms. The Hall–Kier alpha value is -2.49. The van der Waals surface area contributed by atoms with E-state index in [9.17, 15) is 4.79 Å². The minimum atomic E-state index is -0.637. The predicted molar refractivity (Wildman–Crippen MR) is 87.1 cm³/mol. The smallest absolute Gasteiger partial charge is 0.255 e. The molecule has 0 saturated carbocycles. The van der Waals surface area contributed by atoms with Gasteiger partial charge in [0, 0.05) is 5.69 Å². The number of fused-ring (bicyclic) bond motifs is 1. The van der Waals surface area contributed by atoms with E-state index in [0.29, 0.717) is 5.56 Å². The number of nitrogens with one attached hydrogen (secondary N) is 2. The van der Waals surface area contributed by atoms with Crippen LogP contribution in [0.5, 0.6) is 5.75 Å². The summed E-state index contributed by atoms with van der Waals surface area (Å²) in [5.74, 6) is 0.754. The van der Waals surface area contributed by atoms with Gasteiger partial charge in [-0.2, -0.15) is 0 Å². The second-order valence-electron chi connectivity index (χ2n) is 5.94. The van der Waals surface area contributed by atoms with E-state index in [0.717, 1.165) is 17.0 Å². The highest BCUT2D eigenvalue weighted by Gasteiger charge is 2.34. The van der Waals surface area contributed by atoms with Crippen LogP contribution in [0.1, 0.15) is 36.7 Å². The summed E-state index contributed by atoms with van der Waals surface area (Å²) >= 11 is 0. The van der Waals surface area contributed by atoms with Crippen molar-refractivity contribution >= 4 is 11.6 Å². The molecule has 1 aliphatic rings. The Bertz CT molecular complexity index is 694. The van der Waals surface area contributed by atoms with Gasteiger partial charge in [-0.05, 0) is 50.6 Å². The number of rotatable bonds is 3. The van der Waals surface area contributed by atoms with Crippen molar-refractivity contribution in [3.05, 3.63) is 59.7 Å². The van der Waals surface area contributed by atoms with Gasteiger partial charge in [0.25, 0.3) is 5.91 Å². The molecule has 4 heteroatoms. The summed E-state index contributed by atoms with van der Waals surface area (Å²) in [7, 11) is 0. The lowest BCUT2D eigenvalue weighted by Gasteiger charge is -2.38. The molecule has 0 bridgehead atoms. The number of benzene rings is 2. The maximum atomic E-state index is 12.3. The van der Waals surface area contributed by atoms with E-state index in [1.807, 2.05) is 69.3 Å². The first-order chi connectivity index (χ1) is 10.5. The maximum Gasteiger partial charge on any atom is 0.255 e. The fourth-order valence-electron chi connectivity index (χ4n) is 2.67. The van der Waals surface area contributed by atoms with Crippen LogP contribution in [0.25, 0.3) is 0 Å². The van der Waals surface area contributed by atoms with E-state index < -0.39 is 5.66 Å². The van der Waals surface area contributed by atoms with Crippen LogP contribution in [0.15, 0.2) is 48.5 Å². The first kappa shape index (κ1) is 14.4. The summed E-state index contributed by atoms with van der Waals surface area (Å²) in [6.07, 6.45) is 0.140. The molecule has 1 heterocycles. The lowest BCUT2D eigenvalue weighted by atomic mass is 9.96. The van der Waals surface area contributed by atoms with Gasteiger partial charge >= 0.3 is 0 Å². The van der Waals surface area contributed by atoms with Crippen LogP contribution in [-0.4, -0.2) is 12.0 Å². The average molecular weight is 296 g/mol. The molecule has 2 aromatic rings. The molecule has 114 valence electrons. The van der Waals surface area contributed by atoms with Crippen molar-refractivity contribution in [3.8, 4) is 5.75 Å². The van der Waals surface area contributed by atoms with Gasteiger partial charge in [0.15, 0.2) is 0 Å². The fourth-order valence-corrected chi connectivity index (χ4v) is 2.67. The third-order valence-corrected chi connectivity index (χ3v) is 3.72. The molecule has 2 aromatic carbocycles. The van der Waals surface area contributed by atoms with Crippen LogP contribution >= 0.6 is 0 Å². The van der Waals surface area contributed by atoms with Crippen LogP contribution in [0.3, 0.4) is 0 Å². The molecule has 0 radical (unpaired) electrons. The number of ether oxygens (including phenoxy) is 1. The van der Waals surface area contributed by atoms with Crippen molar-refractivity contribution in [2.45, 2.75) is 32.5 Å². The highest BCUT2D eigenvalue weighted by molar-refractivity contribution is 6.02. The Morgan fingerprint density at radius 2 is 1.68 bits per heavy atom. The van der Waals surface area contributed by atoms with Gasteiger partial charge < -0.3 is 15.4 Å². The van der Waals surface area contributed by atoms with Gasteiger partial charge in [-0.3, -0.25) is 4.79 Å². The van der Waals surface area contributed by atoms with Crippen molar-refractivity contribution < 1.29 is 9.53 Å². The van der Waals surface area contributed by atoms with E-state index in [1.165, 1.54) is 0 Å². The van der Waals surface area contributed by atoms with Crippen molar-refractivity contribution in [1.29, 1.82) is 0 Å². The van der Waals surface area contributed by atoms with Crippen molar-refractivity contribution in [3.63, 3.8) is 0 Å². The van der Waals surface area contributed by atoms with Gasteiger partial charge in [0.2, 0.25) is 0 Å². The predicted octanol–water partition coefficient (Wildman–Crippen LogP) is 3.50. The van der Waals surface area contributed by atoms with E-state index in [4.69, 9.17) is 4.74 Å². The number of amides is 1. The third kappa shape index (κ3) is 2.64. The highest BCUT2D eigenvalue weighted by Crippen LogP contribution is 2.31. The van der Waals surface area contributed by atoms with Crippen LogP contribution in [0.2, 0.25) is 0 Å². The molecule has 1 atom stereocenters. The Labute approximate surface area is 130 Å². The minimum absolute atomic E-state index is 0.0700. The zero-order chi connectivity index (χ0) is 15.7. The maximum absolute atomic E-state index is 12.3. The molecule has 1 unspecified atom stereocenters. The molecule has 0 spiro atoms. The van der Waals surface area contributed by atoms with Crippen LogP contribution in [-0.2, 0) is 5.66 Å². The van der Waals surface area contributed by atoms with Crippen molar-refractivity contribution in [1.82, 2.24) is 5.32 Å². The van der Waals surface area contributed by atoms with Crippen molar-refractivity contribution in [2.75, 3.05) is 5.32 Å². The van der Waals surface area contributed by atoms with Gasteiger partial charge in [-0.15, -0.1) is 0 Å². The number of anilines is 1. The molecule has 0 fully saturated rings.